The molecule has 0 bridgehead atoms. The predicted octanol–water partition coefficient (Wildman–Crippen LogP) is -1.05. The summed E-state index contributed by atoms with van der Waals surface area (Å²) in [7, 11) is -2.37. The molecule has 2 fully saturated rings. The molecule has 1 saturated carbocycles. The maximum Gasteiger partial charge on any atom is 0.245 e. The second-order valence-electron chi connectivity index (χ2n) is 7.16. The van der Waals surface area contributed by atoms with Crippen molar-refractivity contribution < 1.29 is 22.8 Å². The van der Waals surface area contributed by atoms with Crippen LogP contribution in [-0.2, 0) is 24.4 Å². The van der Waals surface area contributed by atoms with Crippen molar-refractivity contribution in [2.75, 3.05) is 25.9 Å². The number of likely N-dealkylation sites (tertiary alicyclic amines) is 1. The predicted molar refractivity (Wildman–Crippen MR) is 95.5 cm³/mol. The average molecular weight is 388 g/mol. The van der Waals surface area contributed by atoms with Crippen molar-refractivity contribution in [3.8, 4) is 0 Å². The van der Waals surface area contributed by atoms with Crippen LogP contribution in [0.2, 0.25) is 0 Å². The lowest BCUT2D eigenvalue weighted by atomic mass is 9.69. The van der Waals surface area contributed by atoms with Gasteiger partial charge in [-0.25, -0.2) is 13.1 Å². The van der Waals surface area contributed by atoms with Crippen LogP contribution in [0.3, 0.4) is 0 Å². The SMILES string of the molecule is CCCC(NC(C)=O)C(=O)N1C[C@@H]2CC[C@]2(NC(=O)CS(=O)(=O)NC)C1. The second-order valence-corrected chi connectivity index (χ2v) is 9.09. The van der Waals surface area contributed by atoms with Gasteiger partial charge in [-0.15, -0.1) is 0 Å². The van der Waals surface area contributed by atoms with Gasteiger partial charge in [-0.3, -0.25) is 14.4 Å². The monoisotopic (exact) mass is 388 g/mol. The Morgan fingerprint density at radius 2 is 2.00 bits per heavy atom. The fourth-order valence-electron chi connectivity index (χ4n) is 3.78. The van der Waals surface area contributed by atoms with E-state index in [1.807, 2.05) is 6.92 Å². The summed E-state index contributed by atoms with van der Waals surface area (Å²) in [4.78, 5) is 38.0. The molecule has 26 heavy (non-hydrogen) atoms. The van der Waals surface area contributed by atoms with Gasteiger partial charge in [0.2, 0.25) is 27.7 Å². The molecule has 3 amide bonds. The largest absolute Gasteiger partial charge is 0.348 e. The summed E-state index contributed by atoms with van der Waals surface area (Å²) in [5, 5.41) is 5.53. The fraction of sp³-hybridized carbons (Fsp3) is 0.812. The number of sulfonamides is 1. The van der Waals surface area contributed by atoms with Crippen LogP contribution in [-0.4, -0.2) is 68.5 Å². The highest BCUT2D eigenvalue weighted by Gasteiger charge is 2.55. The highest BCUT2D eigenvalue weighted by atomic mass is 32.2. The van der Waals surface area contributed by atoms with E-state index in [1.165, 1.54) is 14.0 Å². The Bertz CT molecular complexity index is 680. The molecule has 1 aliphatic carbocycles. The number of carbonyl (C=O) groups is 3. The van der Waals surface area contributed by atoms with Gasteiger partial charge in [0.05, 0.1) is 5.54 Å². The molecule has 0 radical (unpaired) electrons. The molecular weight excluding hydrogens is 360 g/mol. The standard InChI is InChI=1S/C16H28N4O5S/c1-4-5-13(18-11(2)21)15(23)20-8-12-6-7-16(12,10-20)19-14(22)9-26(24,25)17-3/h12-13,17H,4-10H2,1-3H3,(H,18,21)(H,19,22)/t12-,13?,16-/m0/s1. The van der Waals surface area contributed by atoms with Crippen LogP contribution in [0.4, 0.5) is 0 Å². The fourth-order valence-corrected chi connectivity index (χ4v) is 4.35. The van der Waals surface area contributed by atoms with Gasteiger partial charge >= 0.3 is 0 Å². The summed E-state index contributed by atoms with van der Waals surface area (Å²) in [6, 6.07) is -0.563. The smallest absolute Gasteiger partial charge is 0.245 e. The molecule has 9 nitrogen and oxygen atoms in total. The van der Waals surface area contributed by atoms with E-state index in [0.717, 1.165) is 12.8 Å². The lowest BCUT2D eigenvalue weighted by Gasteiger charge is -2.44. The lowest BCUT2D eigenvalue weighted by molar-refractivity contribution is -0.135. The molecule has 1 unspecified atom stereocenters. The minimum absolute atomic E-state index is 0.118. The Morgan fingerprint density at radius 3 is 2.50 bits per heavy atom. The van der Waals surface area contributed by atoms with Crippen LogP contribution in [0, 0.1) is 5.92 Å². The first-order chi connectivity index (χ1) is 12.1. The molecule has 1 aliphatic heterocycles. The van der Waals surface area contributed by atoms with E-state index >= 15 is 0 Å². The molecule has 3 atom stereocenters. The van der Waals surface area contributed by atoms with Gasteiger partial charge in [0, 0.05) is 25.9 Å². The third-order valence-corrected chi connectivity index (χ3v) is 6.48. The second kappa shape index (κ2) is 7.91. The Balaban J connectivity index is 2.03. The van der Waals surface area contributed by atoms with E-state index in [0.29, 0.717) is 25.9 Å². The third kappa shape index (κ3) is 4.53. The van der Waals surface area contributed by atoms with E-state index in [-0.39, 0.29) is 17.7 Å². The summed E-state index contributed by atoms with van der Waals surface area (Å²) in [6.07, 6.45) is 2.91. The zero-order valence-electron chi connectivity index (χ0n) is 15.5. The number of carbonyl (C=O) groups excluding carboxylic acids is 3. The van der Waals surface area contributed by atoms with Gasteiger partial charge < -0.3 is 15.5 Å². The van der Waals surface area contributed by atoms with E-state index in [2.05, 4.69) is 15.4 Å². The van der Waals surface area contributed by atoms with Gasteiger partial charge in [-0.2, -0.15) is 0 Å². The third-order valence-electron chi connectivity index (χ3n) is 5.22. The van der Waals surface area contributed by atoms with Crippen molar-refractivity contribution in [3.63, 3.8) is 0 Å². The highest BCUT2D eigenvalue weighted by molar-refractivity contribution is 7.90. The maximum atomic E-state index is 12.8. The minimum Gasteiger partial charge on any atom is -0.348 e. The first-order valence-corrected chi connectivity index (χ1v) is 10.6. The number of fused-ring (bicyclic) bond motifs is 1. The summed E-state index contributed by atoms with van der Waals surface area (Å²) in [5.74, 6) is -1.47. The zero-order chi connectivity index (χ0) is 19.5. The number of nitrogens with zero attached hydrogens (tertiary/aromatic N) is 1. The molecule has 3 N–H and O–H groups in total. The van der Waals surface area contributed by atoms with Crippen molar-refractivity contribution >= 4 is 27.7 Å². The van der Waals surface area contributed by atoms with Crippen molar-refractivity contribution in [1.82, 2.24) is 20.3 Å². The van der Waals surface area contributed by atoms with E-state index in [9.17, 15) is 22.8 Å². The van der Waals surface area contributed by atoms with Crippen molar-refractivity contribution in [3.05, 3.63) is 0 Å². The summed E-state index contributed by atoms with van der Waals surface area (Å²) in [6.45, 7) is 4.19. The number of nitrogens with one attached hydrogen (secondary N) is 3. The zero-order valence-corrected chi connectivity index (χ0v) is 16.3. The van der Waals surface area contributed by atoms with Gasteiger partial charge in [0.15, 0.2) is 0 Å². The molecule has 0 aromatic heterocycles. The molecule has 1 saturated heterocycles. The van der Waals surface area contributed by atoms with Crippen molar-refractivity contribution in [1.29, 1.82) is 0 Å². The molecule has 1 heterocycles. The van der Waals surface area contributed by atoms with Gasteiger partial charge in [-0.1, -0.05) is 13.3 Å². The first-order valence-electron chi connectivity index (χ1n) is 8.90. The molecule has 2 aliphatic rings. The van der Waals surface area contributed by atoms with E-state index < -0.39 is 33.3 Å². The Labute approximate surface area is 154 Å². The molecular formula is C16H28N4O5S. The first kappa shape index (κ1) is 20.6. The number of hydrogen-bond donors (Lipinski definition) is 3. The van der Waals surface area contributed by atoms with E-state index in [4.69, 9.17) is 0 Å². The molecule has 0 aromatic carbocycles. The summed E-state index contributed by atoms with van der Waals surface area (Å²) >= 11 is 0. The maximum absolute atomic E-state index is 12.8. The normalized spacial score (nSPS) is 25.8. The van der Waals surface area contributed by atoms with Crippen LogP contribution < -0.4 is 15.4 Å². The minimum atomic E-state index is -3.63. The molecule has 0 spiro atoms. The van der Waals surface area contributed by atoms with Crippen molar-refractivity contribution in [2.45, 2.75) is 51.1 Å². The molecule has 10 heteroatoms. The molecule has 148 valence electrons. The van der Waals surface area contributed by atoms with Gasteiger partial charge in [0.25, 0.3) is 0 Å². The Hall–Kier alpha value is -1.68. The Morgan fingerprint density at radius 1 is 1.31 bits per heavy atom. The van der Waals surface area contributed by atoms with Crippen LogP contribution in [0.15, 0.2) is 0 Å². The number of rotatable bonds is 8. The summed E-state index contributed by atoms with van der Waals surface area (Å²) in [5.41, 5.74) is -0.553. The highest BCUT2D eigenvalue weighted by Crippen LogP contribution is 2.44. The van der Waals surface area contributed by atoms with E-state index in [1.54, 1.807) is 4.90 Å². The van der Waals surface area contributed by atoms with Crippen LogP contribution in [0.25, 0.3) is 0 Å². The van der Waals surface area contributed by atoms with Crippen LogP contribution >= 0.6 is 0 Å². The van der Waals surface area contributed by atoms with Crippen LogP contribution in [0.1, 0.15) is 39.5 Å². The van der Waals surface area contributed by atoms with Crippen LogP contribution in [0.5, 0.6) is 0 Å². The molecule has 2 rings (SSSR count). The number of amides is 3. The summed E-state index contributed by atoms with van der Waals surface area (Å²) < 4.78 is 25.2. The van der Waals surface area contributed by atoms with Gasteiger partial charge in [-0.05, 0) is 26.3 Å². The quantitative estimate of drug-likeness (QED) is 0.489. The lowest BCUT2D eigenvalue weighted by Crippen LogP contribution is -2.61. The number of hydrogen-bond acceptors (Lipinski definition) is 5. The van der Waals surface area contributed by atoms with Crippen molar-refractivity contribution in [2.24, 2.45) is 5.92 Å². The van der Waals surface area contributed by atoms with Gasteiger partial charge in [0.1, 0.15) is 11.8 Å². The topological polar surface area (TPSA) is 125 Å². The average Bonchev–Trinajstić information content (AvgIpc) is 2.77. The molecule has 0 aromatic rings. The Kier molecular flexibility index (Phi) is 6.28.